The smallest absolute Gasteiger partial charge is 0.277 e. The summed E-state index contributed by atoms with van der Waals surface area (Å²) >= 11 is 0.993. The van der Waals surface area contributed by atoms with Gasteiger partial charge in [-0.1, -0.05) is 11.8 Å². The lowest BCUT2D eigenvalue weighted by molar-refractivity contribution is -0.113. The zero-order chi connectivity index (χ0) is 21.8. The Balaban J connectivity index is 1.37. The molecule has 1 N–H and O–H groups in total. The summed E-state index contributed by atoms with van der Waals surface area (Å²) in [6.07, 6.45) is 3.27. The lowest BCUT2D eigenvalue weighted by Gasteiger charge is -2.04. The molecule has 0 fully saturated rings. The molecule has 4 rings (SSSR count). The van der Waals surface area contributed by atoms with E-state index in [4.69, 9.17) is 9.68 Å². The molecule has 2 aromatic carbocycles. The van der Waals surface area contributed by atoms with Crippen LogP contribution in [0.3, 0.4) is 0 Å². The molecule has 0 saturated heterocycles. The normalized spacial score (nSPS) is 10.6. The minimum atomic E-state index is -1.05. The summed E-state index contributed by atoms with van der Waals surface area (Å²) in [6.45, 7) is 0. The molecule has 11 heteroatoms. The van der Waals surface area contributed by atoms with E-state index in [-0.39, 0.29) is 22.6 Å². The summed E-state index contributed by atoms with van der Waals surface area (Å²) in [5.41, 5.74) is 1.94. The number of carbonyl (C=O) groups excluding carboxylic acids is 1. The molecule has 1 amide bonds. The Hall–Kier alpha value is -4.04. The van der Waals surface area contributed by atoms with Gasteiger partial charge in [-0.05, 0) is 36.4 Å². The van der Waals surface area contributed by atoms with E-state index in [9.17, 15) is 13.6 Å². The highest BCUT2D eigenvalue weighted by Crippen LogP contribution is 2.23. The van der Waals surface area contributed by atoms with E-state index in [1.807, 2.05) is 0 Å². The predicted molar refractivity (Wildman–Crippen MR) is 107 cm³/mol. The molecule has 0 radical (unpaired) electrons. The third kappa shape index (κ3) is 4.76. The number of nitrogens with one attached hydrogen (secondary N) is 1. The van der Waals surface area contributed by atoms with Gasteiger partial charge in [0.2, 0.25) is 5.91 Å². The topological polar surface area (TPSA) is 110 Å². The summed E-state index contributed by atoms with van der Waals surface area (Å²) in [7, 11) is 0. The average molecular weight is 438 g/mol. The van der Waals surface area contributed by atoms with Gasteiger partial charge in [0, 0.05) is 23.6 Å². The Morgan fingerprint density at radius 3 is 2.71 bits per heavy atom. The fourth-order valence-electron chi connectivity index (χ4n) is 2.55. The highest BCUT2D eigenvalue weighted by Gasteiger charge is 2.14. The molecule has 0 aliphatic heterocycles. The third-order valence-corrected chi connectivity index (χ3v) is 4.85. The van der Waals surface area contributed by atoms with E-state index in [1.165, 1.54) is 6.07 Å². The third-order valence-electron chi connectivity index (χ3n) is 4.03. The Bertz CT molecular complexity index is 1280. The lowest BCUT2D eigenvalue weighted by Crippen LogP contribution is -2.14. The molecule has 2 aromatic heterocycles. The molecule has 154 valence electrons. The second kappa shape index (κ2) is 8.76. The molecule has 4 aromatic rings. The maximum absolute atomic E-state index is 13.2. The number of imidazole rings is 1. The maximum Gasteiger partial charge on any atom is 0.277 e. The Kier molecular flexibility index (Phi) is 5.72. The predicted octanol–water partition coefficient (Wildman–Crippen LogP) is 3.80. The van der Waals surface area contributed by atoms with Gasteiger partial charge < -0.3 is 14.3 Å². The van der Waals surface area contributed by atoms with Crippen LogP contribution in [-0.2, 0) is 4.79 Å². The van der Waals surface area contributed by atoms with Gasteiger partial charge in [-0.2, -0.15) is 5.26 Å². The Morgan fingerprint density at radius 2 is 1.97 bits per heavy atom. The van der Waals surface area contributed by atoms with E-state index >= 15 is 0 Å². The van der Waals surface area contributed by atoms with Crippen LogP contribution in [0.1, 0.15) is 5.56 Å². The van der Waals surface area contributed by atoms with Gasteiger partial charge in [-0.15, -0.1) is 10.2 Å². The number of hydrogen-bond acceptors (Lipinski definition) is 7. The van der Waals surface area contributed by atoms with Gasteiger partial charge in [-0.3, -0.25) is 4.79 Å². The lowest BCUT2D eigenvalue weighted by atomic mass is 10.2. The second-order valence-corrected chi connectivity index (χ2v) is 7.09. The van der Waals surface area contributed by atoms with Crippen LogP contribution in [0.4, 0.5) is 14.5 Å². The van der Waals surface area contributed by atoms with Gasteiger partial charge in [0.1, 0.15) is 12.0 Å². The van der Waals surface area contributed by atoms with Crippen LogP contribution < -0.4 is 5.32 Å². The fraction of sp³-hybridized carbons (Fsp3) is 0.0500. The molecule has 0 aliphatic carbocycles. The summed E-state index contributed by atoms with van der Waals surface area (Å²) in [5, 5.41) is 19.3. The van der Waals surface area contributed by atoms with Crippen molar-refractivity contribution < 1.29 is 18.0 Å². The highest BCUT2D eigenvalue weighted by atomic mass is 32.2. The summed E-state index contributed by atoms with van der Waals surface area (Å²) < 4.78 is 33.4. The summed E-state index contributed by atoms with van der Waals surface area (Å²) in [4.78, 5) is 16.2. The van der Waals surface area contributed by atoms with Crippen LogP contribution in [0.15, 0.2) is 64.6 Å². The zero-order valence-corrected chi connectivity index (χ0v) is 16.4. The first-order valence-corrected chi connectivity index (χ1v) is 9.76. The molecule has 2 heterocycles. The van der Waals surface area contributed by atoms with E-state index in [2.05, 4.69) is 26.6 Å². The second-order valence-electron chi connectivity index (χ2n) is 6.16. The maximum atomic E-state index is 13.2. The summed E-state index contributed by atoms with van der Waals surface area (Å²) in [6, 6.07) is 12.1. The number of hydrogen-bond donors (Lipinski definition) is 1. The number of nitrogens with zero attached hydrogens (tertiary/aromatic N) is 5. The van der Waals surface area contributed by atoms with Gasteiger partial charge >= 0.3 is 0 Å². The molecule has 31 heavy (non-hydrogen) atoms. The number of aromatic nitrogens is 4. The van der Waals surface area contributed by atoms with Crippen LogP contribution in [-0.4, -0.2) is 31.4 Å². The van der Waals surface area contributed by atoms with Crippen molar-refractivity contribution in [3.05, 3.63) is 72.2 Å². The monoisotopic (exact) mass is 438 g/mol. The van der Waals surface area contributed by atoms with Crippen LogP contribution in [0.5, 0.6) is 0 Å². The molecule has 0 bridgehead atoms. The zero-order valence-electron chi connectivity index (χ0n) is 15.6. The van der Waals surface area contributed by atoms with Gasteiger partial charge in [-0.25, -0.2) is 13.8 Å². The SMILES string of the molecule is N#Cc1ccc(-n2cnc(-c3nnc(SCC(=O)Nc4ccc(F)c(F)c4)o3)c2)cc1. The van der Waals surface area contributed by atoms with E-state index in [0.29, 0.717) is 11.3 Å². The molecule has 0 unspecified atom stereocenters. The summed E-state index contributed by atoms with van der Waals surface area (Å²) in [5.74, 6) is -2.38. The number of thioether (sulfide) groups is 1. The first-order valence-electron chi connectivity index (χ1n) is 8.78. The molecule has 0 aliphatic rings. The standard InChI is InChI=1S/C20H12F2N6O2S/c21-15-6-3-13(7-16(15)22)25-18(29)10-31-20-27-26-19(30-20)17-9-28(11-24-17)14-4-1-12(8-23)2-5-14/h1-7,9,11H,10H2,(H,25,29). The van der Waals surface area contributed by atoms with Gasteiger partial charge in [0.05, 0.1) is 17.4 Å². The van der Waals surface area contributed by atoms with Crippen LogP contribution >= 0.6 is 11.8 Å². The van der Waals surface area contributed by atoms with Crippen LogP contribution in [0, 0.1) is 23.0 Å². The highest BCUT2D eigenvalue weighted by molar-refractivity contribution is 7.99. The number of rotatable bonds is 6. The van der Waals surface area contributed by atoms with Crippen molar-refractivity contribution in [1.29, 1.82) is 5.26 Å². The molecule has 0 spiro atoms. The Morgan fingerprint density at radius 1 is 1.16 bits per heavy atom. The number of carbonyl (C=O) groups is 1. The number of anilines is 1. The van der Waals surface area contributed by atoms with Gasteiger partial charge in [0.25, 0.3) is 11.1 Å². The van der Waals surface area contributed by atoms with E-state index < -0.39 is 17.5 Å². The molecule has 0 atom stereocenters. The van der Waals surface area contributed by atoms with E-state index in [1.54, 1.807) is 41.4 Å². The van der Waals surface area contributed by atoms with E-state index in [0.717, 1.165) is 29.6 Å². The van der Waals surface area contributed by atoms with Crippen molar-refractivity contribution in [2.75, 3.05) is 11.1 Å². The number of amides is 1. The number of benzene rings is 2. The minimum Gasteiger partial charge on any atom is -0.410 e. The van der Waals surface area contributed by atoms with Crippen LogP contribution in [0.2, 0.25) is 0 Å². The molecular weight excluding hydrogens is 426 g/mol. The molecule has 0 saturated carbocycles. The van der Waals surface area contributed by atoms with Crippen molar-refractivity contribution in [2.45, 2.75) is 5.22 Å². The van der Waals surface area contributed by atoms with Crippen molar-refractivity contribution in [3.8, 4) is 23.3 Å². The van der Waals surface area contributed by atoms with Crippen molar-refractivity contribution in [3.63, 3.8) is 0 Å². The van der Waals surface area contributed by atoms with Crippen molar-refractivity contribution in [2.24, 2.45) is 0 Å². The van der Waals surface area contributed by atoms with Crippen molar-refractivity contribution in [1.82, 2.24) is 19.7 Å². The molecular formula is C20H12F2N6O2S. The quantitative estimate of drug-likeness (QED) is 0.456. The Labute approximate surface area is 178 Å². The average Bonchev–Trinajstić information content (AvgIpc) is 3.45. The first kappa shape index (κ1) is 20.2. The van der Waals surface area contributed by atoms with Crippen LogP contribution in [0.25, 0.3) is 17.3 Å². The largest absolute Gasteiger partial charge is 0.410 e. The first-order chi connectivity index (χ1) is 15.0. The minimum absolute atomic E-state index is 0.0691. The number of nitriles is 1. The van der Waals surface area contributed by atoms with Gasteiger partial charge in [0.15, 0.2) is 11.6 Å². The van der Waals surface area contributed by atoms with Crippen molar-refractivity contribution >= 4 is 23.4 Å². The number of halogens is 2. The molecule has 8 nitrogen and oxygen atoms in total. The fourth-order valence-corrected chi connectivity index (χ4v) is 3.12.